The maximum Gasteiger partial charge on any atom is 0.302 e. The maximum absolute atomic E-state index is 15.4. The molecule has 0 radical (unpaired) electrons. The van der Waals surface area contributed by atoms with Crippen LogP contribution in [0, 0.1) is 17.1 Å². The molecule has 1 aromatic heterocycles. The molecule has 0 aliphatic carbocycles. The summed E-state index contributed by atoms with van der Waals surface area (Å²) in [6.45, 7) is 7.57. The van der Waals surface area contributed by atoms with Gasteiger partial charge in [0.15, 0.2) is 0 Å². The average Bonchev–Trinajstić information content (AvgIpc) is 3.26. The number of anilines is 2. The van der Waals surface area contributed by atoms with Crippen LogP contribution >= 0.6 is 0 Å². The first-order chi connectivity index (χ1) is 18.5. The van der Waals surface area contributed by atoms with Crippen LogP contribution in [-0.4, -0.2) is 23.4 Å². The van der Waals surface area contributed by atoms with Crippen molar-refractivity contribution in [2.24, 2.45) is 0 Å². The monoisotopic (exact) mass is 524 g/mol. The van der Waals surface area contributed by atoms with Crippen molar-refractivity contribution in [3.8, 4) is 17.2 Å². The molecule has 3 N–H and O–H groups in total. The van der Waals surface area contributed by atoms with Gasteiger partial charge < -0.3 is 20.4 Å². The van der Waals surface area contributed by atoms with E-state index >= 15 is 4.39 Å². The van der Waals surface area contributed by atoms with E-state index < -0.39 is 17.7 Å². The number of hydrogen-bond donors (Lipinski definition) is 2. The molecule has 39 heavy (non-hydrogen) atoms. The zero-order chi connectivity index (χ0) is 28.1. The molecule has 5 rings (SSSR count). The van der Waals surface area contributed by atoms with Crippen molar-refractivity contribution in [2.45, 2.75) is 46.1 Å². The molecular formula is C31H29FN4O3. The van der Waals surface area contributed by atoms with Crippen molar-refractivity contribution >= 4 is 34.2 Å². The number of nitrogens with two attached hydrogens (primary N) is 1. The molecule has 8 heteroatoms. The molecule has 1 amide bonds. The van der Waals surface area contributed by atoms with E-state index in [2.05, 4.69) is 11.1 Å². The van der Waals surface area contributed by atoms with E-state index in [0.717, 1.165) is 5.56 Å². The predicted octanol–water partition coefficient (Wildman–Crippen LogP) is 5.99. The first kappa shape index (κ1) is 26.0. The van der Waals surface area contributed by atoms with Crippen molar-refractivity contribution in [1.29, 1.82) is 5.26 Å². The lowest BCUT2D eigenvalue weighted by Gasteiger charge is -2.32. The van der Waals surface area contributed by atoms with Crippen LogP contribution in [0.5, 0.6) is 0 Å². The molecule has 0 unspecified atom stereocenters. The van der Waals surface area contributed by atoms with Crippen LogP contribution in [0.1, 0.15) is 60.3 Å². The molecule has 0 atom stereocenters. The third-order valence-corrected chi connectivity index (χ3v) is 7.22. The summed E-state index contributed by atoms with van der Waals surface area (Å²) in [7, 11) is 0. The molecular weight excluding hydrogens is 495 g/mol. The number of amides is 1. The largest absolute Gasteiger partial charge is 0.461 e. The van der Waals surface area contributed by atoms with E-state index in [9.17, 15) is 14.9 Å². The Hall–Kier alpha value is -4.64. The molecule has 1 aliphatic rings. The highest BCUT2D eigenvalue weighted by molar-refractivity contribution is 6.09. The molecule has 1 aliphatic heterocycles. The second-order valence-corrected chi connectivity index (χ2v) is 10.8. The Balaban J connectivity index is 1.65. The molecule has 0 fully saturated rings. The van der Waals surface area contributed by atoms with E-state index in [4.69, 9.17) is 10.5 Å². The number of ether oxygens (including phenoxy) is 1. The van der Waals surface area contributed by atoms with Gasteiger partial charge in [-0.15, -0.1) is 0 Å². The fraction of sp³-hybridized carbons (Fsp3) is 0.258. The minimum absolute atomic E-state index is 0.0615. The van der Waals surface area contributed by atoms with Crippen LogP contribution in [0.3, 0.4) is 0 Å². The lowest BCUT2D eigenvalue weighted by molar-refractivity contribution is -0.142. The Bertz CT molecular complexity index is 1690. The Labute approximate surface area is 226 Å². The van der Waals surface area contributed by atoms with Crippen molar-refractivity contribution < 1.29 is 18.7 Å². The fourth-order valence-electron chi connectivity index (χ4n) is 5.15. The number of halogens is 1. The van der Waals surface area contributed by atoms with Crippen molar-refractivity contribution in [3.05, 3.63) is 82.3 Å². The number of aromatic amines is 1. The van der Waals surface area contributed by atoms with Gasteiger partial charge >= 0.3 is 5.97 Å². The number of nitrogens with zero attached hydrogens (tertiary/aromatic N) is 2. The number of esters is 1. The Kier molecular flexibility index (Phi) is 6.39. The lowest BCUT2D eigenvalue weighted by atomic mass is 9.83. The van der Waals surface area contributed by atoms with E-state index in [1.165, 1.54) is 13.0 Å². The normalized spacial score (nSPS) is 13.3. The van der Waals surface area contributed by atoms with Crippen LogP contribution in [0.2, 0.25) is 0 Å². The Morgan fingerprint density at radius 2 is 2.00 bits per heavy atom. The molecule has 0 saturated heterocycles. The molecule has 0 saturated carbocycles. The molecule has 2 heterocycles. The summed E-state index contributed by atoms with van der Waals surface area (Å²) < 4.78 is 20.8. The lowest BCUT2D eigenvalue weighted by Crippen LogP contribution is -2.39. The molecule has 198 valence electrons. The first-order valence-electron chi connectivity index (χ1n) is 12.7. The van der Waals surface area contributed by atoms with E-state index in [1.54, 1.807) is 29.3 Å². The van der Waals surface area contributed by atoms with Crippen molar-refractivity contribution in [2.75, 3.05) is 17.2 Å². The molecule has 3 aromatic carbocycles. The second kappa shape index (κ2) is 9.59. The van der Waals surface area contributed by atoms with Gasteiger partial charge in [-0.2, -0.15) is 5.26 Å². The molecule has 4 aromatic rings. The second-order valence-electron chi connectivity index (χ2n) is 10.8. The maximum atomic E-state index is 15.4. The van der Waals surface area contributed by atoms with Crippen LogP contribution < -0.4 is 10.6 Å². The summed E-state index contributed by atoms with van der Waals surface area (Å²) in [4.78, 5) is 30.1. The van der Waals surface area contributed by atoms with Crippen molar-refractivity contribution in [1.82, 2.24) is 4.98 Å². The summed E-state index contributed by atoms with van der Waals surface area (Å²) in [5.41, 5.74) is 11.5. The van der Waals surface area contributed by atoms with Gasteiger partial charge in [-0.25, -0.2) is 4.39 Å². The van der Waals surface area contributed by atoms with Crippen LogP contribution in [0.15, 0.2) is 48.7 Å². The number of carbonyl (C=O) groups excluding carboxylic acids is 2. The minimum atomic E-state index is -0.545. The number of fused-ring (bicyclic) bond motifs is 2. The van der Waals surface area contributed by atoms with Gasteiger partial charge in [0.2, 0.25) is 0 Å². The van der Waals surface area contributed by atoms with Gasteiger partial charge in [0.25, 0.3) is 5.91 Å². The van der Waals surface area contributed by atoms with Gasteiger partial charge in [0, 0.05) is 30.6 Å². The number of H-pyrrole nitrogens is 1. The summed E-state index contributed by atoms with van der Waals surface area (Å²) in [5.74, 6) is -1.47. The van der Waals surface area contributed by atoms with Crippen LogP contribution in [-0.2, 0) is 28.0 Å². The van der Waals surface area contributed by atoms with Crippen LogP contribution in [0.25, 0.3) is 22.0 Å². The number of hydrogen-bond acceptors (Lipinski definition) is 5. The third-order valence-electron chi connectivity index (χ3n) is 7.22. The summed E-state index contributed by atoms with van der Waals surface area (Å²) in [6.07, 6.45) is 2.11. The highest BCUT2D eigenvalue weighted by atomic mass is 19.1. The number of carbonyl (C=O) groups is 2. The summed E-state index contributed by atoms with van der Waals surface area (Å²) >= 11 is 0. The average molecular weight is 525 g/mol. The third kappa shape index (κ3) is 4.61. The highest BCUT2D eigenvalue weighted by Gasteiger charge is 2.32. The predicted molar refractivity (Wildman–Crippen MR) is 149 cm³/mol. The van der Waals surface area contributed by atoms with Crippen LogP contribution in [0.4, 0.5) is 15.8 Å². The first-order valence-corrected chi connectivity index (χ1v) is 12.7. The van der Waals surface area contributed by atoms with Crippen molar-refractivity contribution in [3.63, 3.8) is 0 Å². The quantitative estimate of drug-likeness (QED) is 0.319. The topological polar surface area (TPSA) is 112 Å². The SMILES string of the molecule is CC(=O)OCc1c(-c2cc(C#N)c3[nH]cc(N)c3c2)cccc1N1CCc2cc(C(C)(C)C)cc(F)c2C1=O. The van der Waals surface area contributed by atoms with E-state index in [0.29, 0.717) is 63.1 Å². The van der Waals surface area contributed by atoms with Gasteiger partial charge in [0.05, 0.1) is 28.0 Å². The number of rotatable bonds is 4. The number of nitrogens with one attached hydrogen (secondary N) is 1. The Morgan fingerprint density at radius 1 is 1.23 bits per heavy atom. The standard InChI is InChI=1S/C31H29FN4O3/c1-17(37)39-16-24-22(19-10-20(14-33)29-23(12-19)26(34)15-35-29)6-5-7-27(24)36-9-8-18-11-21(31(2,3)4)13-25(32)28(18)30(36)38/h5-7,10-13,15,35H,8-9,16,34H2,1-4H3. The van der Waals surface area contributed by atoms with Gasteiger partial charge in [0.1, 0.15) is 18.5 Å². The molecule has 7 nitrogen and oxygen atoms in total. The van der Waals surface area contributed by atoms with Gasteiger partial charge in [-0.05, 0) is 58.4 Å². The summed E-state index contributed by atoms with van der Waals surface area (Å²) in [6, 6.07) is 14.6. The number of benzene rings is 3. The zero-order valence-corrected chi connectivity index (χ0v) is 22.3. The van der Waals surface area contributed by atoms with Gasteiger partial charge in [-0.1, -0.05) is 39.0 Å². The zero-order valence-electron chi connectivity index (χ0n) is 22.3. The number of aromatic nitrogens is 1. The highest BCUT2D eigenvalue weighted by Crippen LogP contribution is 2.38. The number of nitrogen functional groups attached to an aromatic ring is 1. The van der Waals surface area contributed by atoms with Gasteiger partial charge in [-0.3, -0.25) is 9.59 Å². The minimum Gasteiger partial charge on any atom is -0.461 e. The fourth-order valence-corrected chi connectivity index (χ4v) is 5.15. The molecule has 0 spiro atoms. The number of nitriles is 1. The van der Waals surface area contributed by atoms with E-state index in [-0.39, 0.29) is 17.6 Å². The van der Waals surface area contributed by atoms with E-state index in [1.807, 2.05) is 39.0 Å². The summed E-state index contributed by atoms with van der Waals surface area (Å²) in [5, 5.41) is 10.5. The smallest absolute Gasteiger partial charge is 0.302 e. The Morgan fingerprint density at radius 3 is 2.69 bits per heavy atom. The molecule has 0 bridgehead atoms.